The number of imidazole rings is 1. The first-order valence-electron chi connectivity index (χ1n) is 9.16. The molecule has 140 valence electrons. The third-order valence-electron chi connectivity index (χ3n) is 5.06. The fourth-order valence-electron chi connectivity index (χ4n) is 3.68. The topological polar surface area (TPSA) is 76.0 Å². The van der Waals surface area contributed by atoms with E-state index >= 15 is 0 Å². The Bertz CT molecular complexity index is 947. The number of nitrogens with one attached hydrogen (secondary N) is 1. The minimum Gasteiger partial charge on any atom is -0.497 e. The van der Waals surface area contributed by atoms with Crippen molar-refractivity contribution in [2.24, 2.45) is 0 Å². The molecule has 0 saturated carbocycles. The smallest absolute Gasteiger partial charge is 0.250 e. The van der Waals surface area contributed by atoms with E-state index in [4.69, 9.17) is 4.74 Å². The molecule has 3 heterocycles. The molecule has 0 aliphatic carbocycles. The van der Waals surface area contributed by atoms with Gasteiger partial charge in [0, 0.05) is 36.6 Å². The molecular formula is C20H23N5O2. The second-order valence-corrected chi connectivity index (χ2v) is 6.82. The van der Waals surface area contributed by atoms with Gasteiger partial charge in [0.25, 0.3) is 5.56 Å². The predicted molar refractivity (Wildman–Crippen MR) is 102 cm³/mol. The molecule has 7 heteroatoms. The summed E-state index contributed by atoms with van der Waals surface area (Å²) in [6, 6.07) is 9.59. The van der Waals surface area contributed by atoms with Crippen molar-refractivity contribution in [2.75, 3.05) is 20.2 Å². The summed E-state index contributed by atoms with van der Waals surface area (Å²) < 4.78 is 7.34. The van der Waals surface area contributed by atoms with Gasteiger partial charge in [-0.2, -0.15) is 0 Å². The Hall–Kier alpha value is -2.93. The third-order valence-corrected chi connectivity index (χ3v) is 5.06. The van der Waals surface area contributed by atoms with Crippen molar-refractivity contribution < 1.29 is 4.74 Å². The Kier molecular flexibility index (Phi) is 5.02. The zero-order valence-electron chi connectivity index (χ0n) is 15.3. The average molecular weight is 365 g/mol. The van der Waals surface area contributed by atoms with Crippen molar-refractivity contribution in [3.63, 3.8) is 0 Å². The van der Waals surface area contributed by atoms with Crippen LogP contribution in [0.4, 0.5) is 0 Å². The molecule has 1 unspecified atom stereocenters. The molecule has 1 N–H and O–H groups in total. The van der Waals surface area contributed by atoms with Crippen LogP contribution in [0.15, 0.2) is 53.8 Å². The molecule has 0 radical (unpaired) electrons. The molecule has 1 aliphatic heterocycles. The normalized spacial score (nSPS) is 17.7. The van der Waals surface area contributed by atoms with Crippen LogP contribution in [-0.2, 0) is 6.54 Å². The lowest BCUT2D eigenvalue weighted by Gasteiger charge is -2.32. The third kappa shape index (κ3) is 3.93. The van der Waals surface area contributed by atoms with Gasteiger partial charge in [0.05, 0.1) is 25.7 Å². The Morgan fingerprint density at radius 2 is 2.11 bits per heavy atom. The van der Waals surface area contributed by atoms with Crippen LogP contribution in [0.25, 0.3) is 5.69 Å². The van der Waals surface area contributed by atoms with Crippen molar-refractivity contribution in [2.45, 2.75) is 25.3 Å². The molecule has 3 aromatic rings. The second kappa shape index (κ2) is 7.75. The van der Waals surface area contributed by atoms with Crippen molar-refractivity contribution in [3.8, 4) is 11.4 Å². The van der Waals surface area contributed by atoms with Crippen molar-refractivity contribution in [1.29, 1.82) is 0 Å². The summed E-state index contributed by atoms with van der Waals surface area (Å²) in [4.78, 5) is 25.5. The largest absolute Gasteiger partial charge is 0.497 e. The van der Waals surface area contributed by atoms with E-state index in [0.29, 0.717) is 0 Å². The van der Waals surface area contributed by atoms with Crippen LogP contribution >= 0.6 is 0 Å². The molecule has 0 spiro atoms. The van der Waals surface area contributed by atoms with Gasteiger partial charge in [-0.3, -0.25) is 9.69 Å². The van der Waals surface area contributed by atoms with Crippen molar-refractivity contribution >= 4 is 0 Å². The first-order valence-corrected chi connectivity index (χ1v) is 9.16. The highest BCUT2D eigenvalue weighted by Crippen LogP contribution is 2.26. The minimum atomic E-state index is -0.0906. The summed E-state index contributed by atoms with van der Waals surface area (Å²) in [5.74, 6) is 2.12. The van der Waals surface area contributed by atoms with E-state index < -0.39 is 0 Å². The molecule has 4 rings (SSSR count). The molecule has 1 saturated heterocycles. The van der Waals surface area contributed by atoms with Gasteiger partial charge in [0.2, 0.25) is 0 Å². The maximum absolute atomic E-state index is 11.6. The van der Waals surface area contributed by atoms with Crippen LogP contribution in [0, 0.1) is 0 Å². The quantitative estimate of drug-likeness (QED) is 0.751. The van der Waals surface area contributed by atoms with E-state index in [2.05, 4.69) is 24.4 Å². The number of hydrogen-bond acceptors (Lipinski definition) is 5. The van der Waals surface area contributed by atoms with Gasteiger partial charge in [-0.1, -0.05) is 0 Å². The number of nitrogens with zero attached hydrogens (tertiary/aromatic N) is 4. The summed E-state index contributed by atoms with van der Waals surface area (Å²) in [6.45, 7) is 2.67. The lowest BCUT2D eigenvalue weighted by Crippen LogP contribution is -2.35. The van der Waals surface area contributed by atoms with Crippen LogP contribution in [0.1, 0.15) is 30.3 Å². The van der Waals surface area contributed by atoms with Crippen LogP contribution in [-0.4, -0.2) is 44.6 Å². The highest BCUT2D eigenvalue weighted by molar-refractivity contribution is 5.38. The number of aromatic nitrogens is 4. The Morgan fingerprint density at radius 3 is 2.89 bits per heavy atom. The number of benzene rings is 1. The first kappa shape index (κ1) is 17.5. The number of piperidine rings is 1. The molecular weight excluding hydrogens is 342 g/mol. The first-order chi connectivity index (χ1) is 13.2. The molecule has 1 aliphatic rings. The molecule has 1 fully saturated rings. The fraction of sp³-hybridized carbons (Fsp3) is 0.350. The predicted octanol–water partition coefficient (Wildman–Crippen LogP) is 2.34. The van der Waals surface area contributed by atoms with Gasteiger partial charge in [-0.15, -0.1) is 0 Å². The Labute approximate surface area is 157 Å². The molecule has 1 atom stereocenters. The molecule has 27 heavy (non-hydrogen) atoms. The highest BCUT2D eigenvalue weighted by Gasteiger charge is 2.23. The number of rotatable bonds is 5. The molecule has 0 amide bonds. The molecule has 0 bridgehead atoms. The van der Waals surface area contributed by atoms with E-state index in [1.807, 2.05) is 36.7 Å². The van der Waals surface area contributed by atoms with Crippen LogP contribution in [0.2, 0.25) is 0 Å². The maximum atomic E-state index is 11.6. The zero-order valence-corrected chi connectivity index (χ0v) is 15.3. The number of aromatic amines is 1. The van der Waals surface area contributed by atoms with E-state index in [9.17, 15) is 4.79 Å². The maximum Gasteiger partial charge on any atom is 0.250 e. The monoisotopic (exact) mass is 365 g/mol. The number of methoxy groups -OCH3 is 1. The van der Waals surface area contributed by atoms with Crippen LogP contribution in [0.5, 0.6) is 5.75 Å². The van der Waals surface area contributed by atoms with E-state index in [0.717, 1.165) is 55.4 Å². The summed E-state index contributed by atoms with van der Waals surface area (Å²) in [7, 11) is 1.67. The lowest BCUT2D eigenvalue weighted by atomic mass is 9.94. The number of H-pyrrole nitrogens is 1. The standard InChI is InChI=1S/C20H23N5O2/c1-27-17-6-4-16(5-7-17)25-10-8-21-19(25)13-24-9-2-3-15(12-24)18-11-20(26)23-14-22-18/h4-8,10-11,14-15H,2-3,9,12-13H2,1H3,(H,22,23,26). The van der Waals surface area contributed by atoms with Crippen LogP contribution < -0.4 is 10.3 Å². The zero-order chi connectivity index (χ0) is 18.6. The van der Waals surface area contributed by atoms with Gasteiger partial charge in [-0.05, 0) is 43.7 Å². The minimum absolute atomic E-state index is 0.0906. The molecule has 1 aromatic carbocycles. The Morgan fingerprint density at radius 1 is 1.26 bits per heavy atom. The number of ether oxygens (including phenoxy) is 1. The van der Waals surface area contributed by atoms with Crippen molar-refractivity contribution in [3.05, 3.63) is 70.9 Å². The lowest BCUT2D eigenvalue weighted by molar-refractivity contribution is 0.193. The number of hydrogen-bond donors (Lipinski definition) is 1. The second-order valence-electron chi connectivity index (χ2n) is 6.82. The van der Waals surface area contributed by atoms with E-state index in [1.54, 1.807) is 13.2 Å². The van der Waals surface area contributed by atoms with Gasteiger partial charge < -0.3 is 14.3 Å². The molecule has 7 nitrogen and oxygen atoms in total. The summed E-state index contributed by atoms with van der Waals surface area (Å²) in [6.07, 6.45) is 7.45. The SMILES string of the molecule is COc1ccc(-n2ccnc2CN2CCCC(c3cc(=O)[nH]cn3)C2)cc1. The number of likely N-dealkylation sites (tertiary alicyclic amines) is 1. The van der Waals surface area contributed by atoms with Gasteiger partial charge in [0.15, 0.2) is 0 Å². The Balaban J connectivity index is 1.49. The summed E-state index contributed by atoms with van der Waals surface area (Å²) in [5.41, 5.74) is 1.85. The summed E-state index contributed by atoms with van der Waals surface area (Å²) in [5, 5.41) is 0. The fourth-order valence-corrected chi connectivity index (χ4v) is 3.68. The van der Waals surface area contributed by atoms with Crippen LogP contribution in [0.3, 0.4) is 0 Å². The van der Waals surface area contributed by atoms with Gasteiger partial charge in [-0.25, -0.2) is 9.97 Å². The summed E-state index contributed by atoms with van der Waals surface area (Å²) >= 11 is 0. The van der Waals surface area contributed by atoms with Gasteiger partial charge >= 0.3 is 0 Å². The van der Waals surface area contributed by atoms with E-state index in [1.165, 1.54) is 6.33 Å². The average Bonchev–Trinajstić information content (AvgIpc) is 3.16. The highest BCUT2D eigenvalue weighted by atomic mass is 16.5. The van der Waals surface area contributed by atoms with Crippen molar-refractivity contribution in [1.82, 2.24) is 24.4 Å². The van der Waals surface area contributed by atoms with E-state index in [-0.39, 0.29) is 11.5 Å². The van der Waals surface area contributed by atoms with Gasteiger partial charge in [0.1, 0.15) is 11.6 Å². The molecule has 2 aromatic heterocycles.